The first-order valence-corrected chi connectivity index (χ1v) is 9.69. The quantitative estimate of drug-likeness (QED) is 0.757. The number of benzene rings is 1. The number of nitrogens with zero attached hydrogens (tertiary/aromatic N) is 3. The molecule has 1 unspecified atom stereocenters. The van der Waals surface area contributed by atoms with Gasteiger partial charge in [0.2, 0.25) is 10.0 Å². The molecule has 10 heteroatoms. The van der Waals surface area contributed by atoms with E-state index in [-0.39, 0.29) is 17.3 Å². The Morgan fingerprint density at radius 1 is 1.37 bits per heavy atom. The lowest BCUT2D eigenvalue weighted by Crippen LogP contribution is -2.49. The molecular weight excluding hydrogens is 392 g/mol. The first-order chi connectivity index (χ1) is 12.4. The number of hydrogen-bond acceptors (Lipinski definition) is 6. The van der Waals surface area contributed by atoms with Crippen molar-refractivity contribution in [3.63, 3.8) is 0 Å². The summed E-state index contributed by atoms with van der Waals surface area (Å²) >= 11 is 0. The van der Waals surface area contributed by atoms with Gasteiger partial charge in [0.1, 0.15) is 5.82 Å². The number of sulfonamides is 1. The number of halogens is 1. The molecule has 0 radical (unpaired) electrons. The average molecular weight is 415 g/mol. The number of piperazine rings is 1. The van der Waals surface area contributed by atoms with Crippen LogP contribution in [0.5, 0.6) is 0 Å². The fourth-order valence-electron chi connectivity index (χ4n) is 3.20. The summed E-state index contributed by atoms with van der Waals surface area (Å²) in [5, 5.41) is 3.23. The number of carbonyl (C=O) groups is 1. The minimum atomic E-state index is -3.75. The first kappa shape index (κ1) is 21.4. The Morgan fingerprint density at radius 2 is 2.11 bits per heavy atom. The van der Waals surface area contributed by atoms with Crippen molar-refractivity contribution < 1.29 is 17.9 Å². The van der Waals surface area contributed by atoms with Crippen LogP contribution in [0.4, 0.5) is 0 Å². The Labute approximate surface area is 165 Å². The molecule has 148 valence electrons. The Hall–Kier alpha value is -1.94. The van der Waals surface area contributed by atoms with E-state index in [2.05, 4.69) is 10.3 Å². The van der Waals surface area contributed by atoms with Crippen molar-refractivity contribution in [1.82, 2.24) is 19.2 Å². The van der Waals surface area contributed by atoms with Crippen molar-refractivity contribution in [3.8, 4) is 0 Å². The highest BCUT2D eigenvalue weighted by atomic mass is 35.5. The van der Waals surface area contributed by atoms with Gasteiger partial charge in [0.25, 0.3) is 0 Å². The van der Waals surface area contributed by atoms with E-state index in [9.17, 15) is 13.2 Å². The van der Waals surface area contributed by atoms with E-state index in [1.54, 1.807) is 19.3 Å². The van der Waals surface area contributed by atoms with E-state index in [4.69, 9.17) is 4.74 Å². The molecule has 1 saturated heterocycles. The molecule has 1 aliphatic heterocycles. The molecule has 1 aromatic carbocycles. The molecule has 0 amide bonds. The number of esters is 1. The third kappa shape index (κ3) is 4.01. The Balaban J connectivity index is 0.00000261. The molecule has 27 heavy (non-hydrogen) atoms. The minimum absolute atomic E-state index is 0. The van der Waals surface area contributed by atoms with Crippen LogP contribution in [0.25, 0.3) is 0 Å². The second kappa shape index (κ2) is 8.39. The van der Waals surface area contributed by atoms with Gasteiger partial charge in [0.15, 0.2) is 0 Å². The van der Waals surface area contributed by atoms with Crippen LogP contribution in [0.3, 0.4) is 0 Å². The minimum Gasteiger partial charge on any atom is -0.465 e. The smallest absolute Gasteiger partial charge is 0.337 e. The van der Waals surface area contributed by atoms with Gasteiger partial charge < -0.3 is 14.6 Å². The number of rotatable bonds is 4. The molecule has 2 heterocycles. The van der Waals surface area contributed by atoms with Crippen LogP contribution in [0.15, 0.2) is 35.5 Å². The first-order valence-electron chi connectivity index (χ1n) is 8.25. The van der Waals surface area contributed by atoms with Crippen LogP contribution in [0, 0.1) is 6.92 Å². The fraction of sp³-hybridized carbons (Fsp3) is 0.412. The predicted octanol–water partition coefficient (Wildman–Crippen LogP) is 1.27. The van der Waals surface area contributed by atoms with Gasteiger partial charge in [-0.2, -0.15) is 4.31 Å². The summed E-state index contributed by atoms with van der Waals surface area (Å²) < 4.78 is 34.6. The van der Waals surface area contributed by atoms with Gasteiger partial charge in [-0.15, -0.1) is 12.4 Å². The number of methoxy groups -OCH3 is 1. The molecule has 1 aliphatic rings. The molecular formula is C17H23ClN4O4S. The molecule has 1 fully saturated rings. The second-order valence-corrected chi connectivity index (χ2v) is 8.06. The van der Waals surface area contributed by atoms with Crippen molar-refractivity contribution in [2.75, 3.05) is 26.7 Å². The summed E-state index contributed by atoms with van der Waals surface area (Å²) in [6, 6.07) is 4.09. The predicted molar refractivity (Wildman–Crippen MR) is 102 cm³/mol. The van der Waals surface area contributed by atoms with Crippen LogP contribution in [-0.4, -0.2) is 55.0 Å². The third-order valence-corrected chi connectivity index (χ3v) is 6.60. The van der Waals surface area contributed by atoms with Gasteiger partial charge in [0, 0.05) is 39.1 Å². The monoisotopic (exact) mass is 414 g/mol. The van der Waals surface area contributed by atoms with Crippen LogP contribution >= 0.6 is 12.4 Å². The van der Waals surface area contributed by atoms with E-state index < -0.39 is 22.0 Å². The third-order valence-electron chi connectivity index (χ3n) is 4.53. The Bertz CT molecular complexity index is 929. The Kier molecular flexibility index (Phi) is 6.63. The SMILES string of the molecule is COC(=O)c1ccc(S(=O)(=O)N2CCNCC2c2nccn2C)c(C)c1.Cl. The molecule has 8 nitrogen and oxygen atoms in total. The van der Waals surface area contributed by atoms with Gasteiger partial charge in [0.05, 0.1) is 23.6 Å². The van der Waals surface area contributed by atoms with E-state index in [0.29, 0.717) is 36.6 Å². The lowest BCUT2D eigenvalue weighted by molar-refractivity contribution is 0.0600. The summed E-state index contributed by atoms with van der Waals surface area (Å²) in [5.41, 5.74) is 0.829. The van der Waals surface area contributed by atoms with Crippen molar-refractivity contribution in [2.24, 2.45) is 7.05 Å². The number of ether oxygens (including phenoxy) is 1. The van der Waals surface area contributed by atoms with Crippen molar-refractivity contribution in [1.29, 1.82) is 0 Å². The summed E-state index contributed by atoms with van der Waals surface area (Å²) in [4.78, 5) is 16.2. The van der Waals surface area contributed by atoms with Crippen molar-refractivity contribution >= 4 is 28.4 Å². The van der Waals surface area contributed by atoms with Crippen molar-refractivity contribution in [2.45, 2.75) is 17.9 Å². The van der Waals surface area contributed by atoms with Gasteiger partial charge in [-0.25, -0.2) is 18.2 Å². The molecule has 3 rings (SSSR count). The van der Waals surface area contributed by atoms with Gasteiger partial charge in [-0.05, 0) is 30.7 Å². The highest BCUT2D eigenvalue weighted by Crippen LogP contribution is 2.29. The van der Waals surface area contributed by atoms with Crippen molar-refractivity contribution in [3.05, 3.63) is 47.5 Å². The normalized spacial score (nSPS) is 18.0. The molecule has 0 spiro atoms. The summed E-state index contributed by atoms with van der Waals surface area (Å²) in [7, 11) is -0.608. The van der Waals surface area contributed by atoms with Crippen LogP contribution in [-0.2, 0) is 21.8 Å². The van der Waals surface area contributed by atoms with E-state index >= 15 is 0 Å². The van der Waals surface area contributed by atoms with E-state index in [1.807, 2.05) is 11.6 Å². The maximum Gasteiger partial charge on any atom is 0.337 e. The maximum absolute atomic E-state index is 13.3. The van der Waals surface area contributed by atoms with Crippen LogP contribution in [0.1, 0.15) is 27.8 Å². The van der Waals surface area contributed by atoms with Gasteiger partial charge in [-0.1, -0.05) is 0 Å². The largest absolute Gasteiger partial charge is 0.465 e. The number of carbonyl (C=O) groups excluding carboxylic acids is 1. The molecule has 1 aromatic heterocycles. The van der Waals surface area contributed by atoms with Crippen LogP contribution in [0.2, 0.25) is 0 Å². The molecule has 0 saturated carbocycles. The zero-order valence-electron chi connectivity index (χ0n) is 15.4. The van der Waals surface area contributed by atoms with Gasteiger partial charge >= 0.3 is 5.97 Å². The topological polar surface area (TPSA) is 93.5 Å². The molecule has 1 atom stereocenters. The number of imidazole rings is 1. The molecule has 2 aromatic rings. The zero-order valence-corrected chi connectivity index (χ0v) is 17.0. The number of nitrogens with one attached hydrogen (secondary N) is 1. The number of aromatic nitrogens is 2. The zero-order chi connectivity index (χ0) is 18.9. The molecule has 1 N–H and O–H groups in total. The average Bonchev–Trinajstić information content (AvgIpc) is 3.06. The van der Waals surface area contributed by atoms with E-state index in [1.165, 1.54) is 29.6 Å². The maximum atomic E-state index is 13.3. The summed E-state index contributed by atoms with van der Waals surface area (Å²) in [6.07, 6.45) is 3.45. The highest BCUT2D eigenvalue weighted by Gasteiger charge is 2.37. The highest BCUT2D eigenvalue weighted by molar-refractivity contribution is 7.89. The number of aryl methyl sites for hydroxylation is 2. The lowest BCUT2D eigenvalue weighted by atomic mass is 10.1. The second-order valence-electron chi connectivity index (χ2n) is 6.20. The lowest BCUT2D eigenvalue weighted by Gasteiger charge is -2.35. The molecule has 0 bridgehead atoms. The number of hydrogen-bond donors (Lipinski definition) is 1. The van der Waals surface area contributed by atoms with Crippen LogP contribution < -0.4 is 5.32 Å². The Morgan fingerprint density at radius 3 is 2.70 bits per heavy atom. The fourth-order valence-corrected chi connectivity index (χ4v) is 5.00. The standard InChI is InChI=1S/C17H22N4O4S.ClH/c1-12-10-13(17(22)25-3)4-5-15(12)26(23,24)21-9-6-18-11-14(21)16-19-7-8-20(16)2;/h4-5,7-8,10,14,18H,6,9,11H2,1-3H3;1H. The van der Waals surface area contributed by atoms with E-state index in [0.717, 1.165) is 0 Å². The van der Waals surface area contributed by atoms with Gasteiger partial charge in [-0.3, -0.25) is 0 Å². The summed E-state index contributed by atoms with van der Waals surface area (Å²) in [6.45, 7) is 3.08. The summed E-state index contributed by atoms with van der Waals surface area (Å²) in [5.74, 6) is 0.190. The molecule has 0 aliphatic carbocycles.